The maximum absolute atomic E-state index is 13.0. The zero-order chi connectivity index (χ0) is 24.3. The molecule has 0 spiro atoms. The van der Waals surface area contributed by atoms with Crippen molar-refractivity contribution in [2.24, 2.45) is 0 Å². The summed E-state index contributed by atoms with van der Waals surface area (Å²) in [7, 11) is 1.32. The van der Waals surface area contributed by atoms with Crippen molar-refractivity contribution < 1.29 is 24.5 Å². The fourth-order valence-electron chi connectivity index (χ4n) is 4.67. The predicted octanol–water partition coefficient (Wildman–Crippen LogP) is 4.45. The Morgan fingerprint density at radius 3 is 2.03 bits per heavy atom. The number of aliphatic hydroxyl groups excluding tert-OH is 1. The Labute approximate surface area is 198 Å². The van der Waals surface area contributed by atoms with Crippen molar-refractivity contribution in [3.05, 3.63) is 95.6 Å². The highest BCUT2D eigenvalue weighted by atomic mass is 16.5. The number of hydrogen-bond acceptors (Lipinski definition) is 4. The SMILES string of the molecule is CC(O)C(Cc1ccccc1)(NC(=O)OCC1c2ccccc2-c2ccccc21)N(C)C(=O)O. The van der Waals surface area contributed by atoms with Crippen LogP contribution in [0.4, 0.5) is 9.59 Å². The third-order valence-corrected chi connectivity index (χ3v) is 6.56. The lowest BCUT2D eigenvalue weighted by molar-refractivity contribution is -0.0237. The topological polar surface area (TPSA) is 99.1 Å². The van der Waals surface area contributed by atoms with Gasteiger partial charge in [-0.2, -0.15) is 0 Å². The van der Waals surface area contributed by atoms with E-state index in [1.165, 1.54) is 14.0 Å². The summed E-state index contributed by atoms with van der Waals surface area (Å²) in [5.74, 6) is -0.134. The molecule has 7 heteroatoms. The molecule has 4 rings (SSSR count). The van der Waals surface area contributed by atoms with Crippen molar-refractivity contribution in [2.75, 3.05) is 13.7 Å². The van der Waals surface area contributed by atoms with E-state index in [2.05, 4.69) is 5.32 Å². The number of hydrogen-bond donors (Lipinski definition) is 3. The second kappa shape index (κ2) is 9.57. The van der Waals surface area contributed by atoms with Crippen LogP contribution in [0.2, 0.25) is 0 Å². The summed E-state index contributed by atoms with van der Waals surface area (Å²) in [6.45, 7) is 1.53. The summed E-state index contributed by atoms with van der Waals surface area (Å²) >= 11 is 0. The molecular weight excluding hydrogens is 432 g/mol. The van der Waals surface area contributed by atoms with Crippen LogP contribution in [0.1, 0.15) is 29.5 Å². The molecule has 0 saturated heterocycles. The van der Waals surface area contributed by atoms with Crippen molar-refractivity contribution in [1.82, 2.24) is 10.2 Å². The summed E-state index contributed by atoms with van der Waals surface area (Å²) in [4.78, 5) is 25.8. The molecular formula is C27H28N2O5. The zero-order valence-electron chi connectivity index (χ0n) is 19.1. The number of rotatable bonds is 7. The number of nitrogens with one attached hydrogen (secondary N) is 1. The monoisotopic (exact) mass is 460 g/mol. The van der Waals surface area contributed by atoms with E-state index in [1.54, 1.807) is 0 Å². The first-order valence-corrected chi connectivity index (χ1v) is 11.2. The number of amides is 2. The normalized spacial score (nSPS) is 14.9. The summed E-state index contributed by atoms with van der Waals surface area (Å²) in [5, 5.41) is 23.0. The first kappa shape index (κ1) is 23.3. The second-order valence-electron chi connectivity index (χ2n) is 8.55. The van der Waals surface area contributed by atoms with Crippen LogP contribution in [-0.2, 0) is 11.2 Å². The highest BCUT2D eigenvalue weighted by Crippen LogP contribution is 2.44. The highest BCUT2D eigenvalue weighted by molar-refractivity contribution is 5.79. The van der Waals surface area contributed by atoms with Crippen LogP contribution in [0, 0.1) is 0 Å². The van der Waals surface area contributed by atoms with Gasteiger partial charge < -0.3 is 14.9 Å². The van der Waals surface area contributed by atoms with Crippen LogP contribution in [0.25, 0.3) is 11.1 Å². The molecule has 2 unspecified atom stereocenters. The van der Waals surface area contributed by atoms with Gasteiger partial charge in [0.15, 0.2) is 5.66 Å². The number of likely N-dealkylation sites (N-methyl/N-ethyl adjacent to an activating group) is 1. The van der Waals surface area contributed by atoms with E-state index in [0.29, 0.717) is 0 Å². The second-order valence-corrected chi connectivity index (χ2v) is 8.55. The van der Waals surface area contributed by atoms with Crippen LogP contribution >= 0.6 is 0 Å². The van der Waals surface area contributed by atoms with Gasteiger partial charge >= 0.3 is 12.2 Å². The van der Waals surface area contributed by atoms with Gasteiger partial charge in [-0.25, -0.2) is 9.59 Å². The molecule has 0 fully saturated rings. The van der Waals surface area contributed by atoms with Crippen LogP contribution in [0.15, 0.2) is 78.9 Å². The molecule has 3 N–H and O–H groups in total. The first-order chi connectivity index (χ1) is 16.3. The average Bonchev–Trinajstić information content (AvgIpc) is 3.16. The van der Waals surface area contributed by atoms with E-state index in [4.69, 9.17) is 4.74 Å². The van der Waals surface area contributed by atoms with E-state index in [-0.39, 0.29) is 18.9 Å². The molecule has 2 amide bonds. The van der Waals surface area contributed by atoms with Crippen molar-refractivity contribution in [3.8, 4) is 11.1 Å². The molecule has 1 aliphatic carbocycles. The van der Waals surface area contributed by atoms with Gasteiger partial charge in [0.05, 0.1) is 6.10 Å². The first-order valence-electron chi connectivity index (χ1n) is 11.2. The average molecular weight is 461 g/mol. The number of alkyl carbamates (subject to hydrolysis) is 1. The van der Waals surface area contributed by atoms with Crippen molar-refractivity contribution in [2.45, 2.75) is 31.0 Å². The van der Waals surface area contributed by atoms with E-state index in [0.717, 1.165) is 32.7 Å². The van der Waals surface area contributed by atoms with Crippen LogP contribution in [0.3, 0.4) is 0 Å². The Kier molecular flexibility index (Phi) is 6.56. The van der Waals surface area contributed by atoms with E-state index in [9.17, 15) is 19.8 Å². The molecule has 1 aliphatic rings. The molecule has 0 radical (unpaired) electrons. The molecule has 0 heterocycles. The third kappa shape index (κ3) is 4.34. The minimum Gasteiger partial charge on any atom is -0.465 e. The van der Waals surface area contributed by atoms with Gasteiger partial charge in [-0.3, -0.25) is 10.2 Å². The Bertz CT molecular complexity index is 1130. The largest absolute Gasteiger partial charge is 0.465 e. The Balaban J connectivity index is 1.56. The Morgan fingerprint density at radius 2 is 1.50 bits per heavy atom. The maximum Gasteiger partial charge on any atom is 0.409 e. The Hall–Kier alpha value is -3.84. The molecule has 0 bridgehead atoms. The number of carbonyl (C=O) groups is 2. The fourth-order valence-corrected chi connectivity index (χ4v) is 4.67. The molecule has 34 heavy (non-hydrogen) atoms. The lowest BCUT2D eigenvalue weighted by atomic mass is 9.93. The van der Waals surface area contributed by atoms with Gasteiger partial charge in [0.1, 0.15) is 6.61 Å². The molecule has 0 saturated carbocycles. The lowest BCUT2D eigenvalue weighted by Crippen LogP contribution is -2.68. The smallest absolute Gasteiger partial charge is 0.409 e. The van der Waals surface area contributed by atoms with Gasteiger partial charge in [0.25, 0.3) is 0 Å². The van der Waals surface area contributed by atoms with E-state index >= 15 is 0 Å². The van der Waals surface area contributed by atoms with Crippen molar-refractivity contribution >= 4 is 12.2 Å². The number of ether oxygens (including phenoxy) is 1. The molecule has 3 aromatic carbocycles. The predicted molar refractivity (Wildman–Crippen MR) is 129 cm³/mol. The summed E-state index contributed by atoms with van der Waals surface area (Å²) in [6, 6.07) is 25.1. The Morgan fingerprint density at radius 1 is 0.971 bits per heavy atom. The minimum atomic E-state index is -1.62. The highest BCUT2D eigenvalue weighted by Gasteiger charge is 2.44. The molecule has 0 aromatic heterocycles. The number of carboxylic acid groups (broad SMARTS) is 1. The van der Waals surface area contributed by atoms with E-state index < -0.39 is 24.0 Å². The maximum atomic E-state index is 13.0. The minimum absolute atomic E-state index is 0.0680. The third-order valence-electron chi connectivity index (χ3n) is 6.56. The number of nitrogens with zero attached hydrogens (tertiary/aromatic N) is 1. The van der Waals surface area contributed by atoms with Crippen LogP contribution in [-0.4, -0.2) is 52.7 Å². The number of benzene rings is 3. The zero-order valence-corrected chi connectivity index (χ0v) is 19.1. The molecule has 0 aliphatic heterocycles. The standard InChI is InChI=1S/C27H28N2O5/c1-18(30)27(29(2)26(32)33,16-19-10-4-3-5-11-19)28-25(31)34-17-24-22-14-8-6-12-20(22)21-13-7-9-15-23(21)24/h3-15,18,24,30H,16-17H2,1-2H3,(H,28,31)(H,32,33). The quantitative estimate of drug-likeness (QED) is 0.452. The molecule has 3 aromatic rings. The number of fused-ring (bicyclic) bond motifs is 3. The molecule has 176 valence electrons. The lowest BCUT2D eigenvalue weighted by Gasteiger charge is -2.43. The number of aliphatic hydroxyl groups is 1. The van der Waals surface area contributed by atoms with Gasteiger partial charge in [0, 0.05) is 19.4 Å². The summed E-state index contributed by atoms with van der Waals surface area (Å²) < 4.78 is 5.63. The van der Waals surface area contributed by atoms with Crippen molar-refractivity contribution in [3.63, 3.8) is 0 Å². The van der Waals surface area contributed by atoms with E-state index in [1.807, 2.05) is 78.9 Å². The summed E-state index contributed by atoms with van der Waals surface area (Å²) in [6.07, 6.45) is -3.23. The van der Waals surface area contributed by atoms with Crippen molar-refractivity contribution in [1.29, 1.82) is 0 Å². The fraction of sp³-hybridized carbons (Fsp3) is 0.259. The van der Waals surface area contributed by atoms with Gasteiger partial charge in [-0.15, -0.1) is 0 Å². The van der Waals surface area contributed by atoms with Gasteiger partial charge in [0.2, 0.25) is 0 Å². The number of carbonyl (C=O) groups excluding carboxylic acids is 1. The van der Waals surface area contributed by atoms with Crippen LogP contribution < -0.4 is 5.32 Å². The van der Waals surface area contributed by atoms with Gasteiger partial charge in [-0.1, -0.05) is 78.9 Å². The molecule has 7 nitrogen and oxygen atoms in total. The summed E-state index contributed by atoms with van der Waals surface area (Å²) in [5.41, 5.74) is 3.52. The van der Waals surface area contributed by atoms with Crippen LogP contribution in [0.5, 0.6) is 0 Å². The van der Waals surface area contributed by atoms with Gasteiger partial charge in [-0.05, 0) is 34.7 Å². The molecule has 2 atom stereocenters.